The fourth-order valence-electron chi connectivity index (χ4n) is 2.90. The maximum Gasteiger partial charge on any atom is 0.220 e. The van der Waals surface area contributed by atoms with E-state index < -0.39 is 0 Å². The van der Waals surface area contributed by atoms with Gasteiger partial charge in [0.25, 0.3) is 0 Å². The molecule has 1 heterocycles. The fourth-order valence-corrected chi connectivity index (χ4v) is 2.90. The summed E-state index contributed by atoms with van der Waals surface area (Å²) in [6, 6.07) is 0.513. The van der Waals surface area contributed by atoms with Gasteiger partial charge in [0, 0.05) is 19.0 Å². The number of nitrogens with zero attached hydrogens (tertiary/aromatic N) is 1. The third-order valence-corrected chi connectivity index (χ3v) is 4.07. The number of carbonyl (C=O) groups is 1. The molecular weight excluding hydrogens is 238 g/mol. The quantitative estimate of drug-likeness (QED) is 0.738. The first-order chi connectivity index (χ1) is 9.02. The second kappa shape index (κ2) is 8.54. The smallest absolute Gasteiger partial charge is 0.220 e. The highest BCUT2D eigenvalue weighted by atomic mass is 16.1. The minimum absolute atomic E-state index is 0.162. The monoisotopic (exact) mass is 269 g/mol. The summed E-state index contributed by atoms with van der Waals surface area (Å²) >= 11 is 0. The minimum Gasteiger partial charge on any atom is -0.355 e. The molecule has 0 aromatic heterocycles. The molecule has 1 fully saturated rings. The van der Waals surface area contributed by atoms with Crippen LogP contribution in [0.25, 0.3) is 0 Å². The molecule has 3 N–H and O–H groups in total. The highest BCUT2D eigenvalue weighted by Crippen LogP contribution is 2.15. The van der Waals surface area contributed by atoms with Gasteiger partial charge in [0.05, 0.1) is 0 Å². The molecule has 1 saturated heterocycles. The number of amides is 1. The molecule has 4 nitrogen and oxygen atoms in total. The van der Waals surface area contributed by atoms with Crippen LogP contribution in [0.3, 0.4) is 0 Å². The van der Waals surface area contributed by atoms with Gasteiger partial charge in [-0.3, -0.25) is 4.79 Å². The molecule has 112 valence electrons. The van der Waals surface area contributed by atoms with Gasteiger partial charge in [-0.2, -0.15) is 0 Å². The maximum absolute atomic E-state index is 12.0. The Morgan fingerprint density at radius 3 is 2.74 bits per heavy atom. The maximum atomic E-state index is 12.0. The third-order valence-electron chi connectivity index (χ3n) is 4.07. The normalized spacial score (nSPS) is 22.5. The van der Waals surface area contributed by atoms with Crippen LogP contribution in [0, 0.1) is 11.8 Å². The van der Waals surface area contributed by atoms with Gasteiger partial charge in [0.1, 0.15) is 0 Å². The average molecular weight is 269 g/mol. The van der Waals surface area contributed by atoms with Crippen LogP contribution in [-0.4, -0.2) is 43.5 Å². The topological polar surface area (TPSA) is 58.4 Å². The van der Waals surface area contributed by atoms with E-state index in [-0.39, 0.29) is 5.91 Å². The van der Waals surface area contributed by atoms with Crippen molar-refractivity contribution in [1.29, 1.82) is 0 Å². The summed E-state index contributed by atoms with van der Waals surface area (Å²) < 4.78 is 0. The van der Waals surface area contributed by atoms with Crippen molar-refractivity contribution < 1.29 is 4.79 Å². The van der Waals surface area contributed by atoms with Gasteiger partial charge in [-0.25, -0.2) is 0 Å². The summed E-state index contributed by atoms with van der Waals surface area (Å²) in [6.07, 6.45) is 5.37. The van der Waals surface area contributed by atoms with Crippen LogP contribution in [0.4, 0.5) is 0 Å². The number of nitrogens with two attached hydrogens (primary N) is 1. The fraction of sp³-hybridized carbons (Fsp3) is 0.933. The zero-order valence-corrected chi connectivity index (χ0v) is 12.8. The number of likely N-dealkylation sites (tertiary alicyclic amines) is 1. The summed E-state index contributed by atoms with van der Waals surface area (Å²) in [4.78, 5) is 14.3. The van der Waals surface area contributed by atoms with E-state index in [1.165, 1.54) is 19.3 Å². The molecule has 0 aromatic carbocycles. The van der Waals surface area contributed by atoms with E-state index in [1.807, 2.05) is 0 Å². The van der Waals surface area contributed by atoms with E-state index in [0.717, 1.165) is 19.5 Å². The van der Waals surface area contributed by atoms with Crippen LogP contribution in [0.5, 0.6) is 0 Å². The first-order valence-corrected chi connectivity index (χ1v) is 7.70. The second-order valence-electron chi connectivity index (χ2n) is 6.37. The van der Waals surface area contributed by atoms with Crippen molar-refractivity contribution in [1.82, 2.24) is 10.2 Å². The van der Waals surface area contributed by atoms with Crippen molar-refractivity contribution in [3.05, 3.63) is 0 Å². The highest BCUT2D eigenvalue weighted by Gasteiger charge is 2.20. The van der Waals surface area contributed by atoms with Crippen molar-refractivity contribution >= 4 is 5.91 Å². The highest BCUT2D eigenvalue weighted by molar-refractivity contribution is 5.76. The summed E-state index contributed by atoms with van der Waals surface area (Å²) in [6.45, 7) is 6.90. The Morgan fingerprint density at radius 2 is 2.16 bits per heavy atom. The largest absolute Gasteiger partial charge is 0.355 e. The molecule has 0 bridgehead atoms. The van der Waals surface area contributed by atoms with Gasteiger partial charge in [0.15, 0.2) is 0 Å². The Kier molecular flexibility index (Phi) is 7.39. The molecule has 1 unspecified atom stereocenters. The van der Waals surface area contributed by atoms with Crippen LogP contribution < -0.4 is 11.1 Å². The number of piperidine rings is 1. The number of hydrogen-bond acceptors (Lipinski definition) is 3. The number of nitrogens with one attached hydrogen (secondary N) is 1. The van der Waals surface area contributed by atoms with Crippen LogP contribution in [0.15, 0.2) is 0 Å². The summed E-state index contributed by atoms with van der Waals surface area (Å²) in [7, 11) is 2.15. The molecule has 0 aliphatic carbocycles. The van der Waals surface area contributed by atoms with Crippen molar-refractivity contribution in [2.45, 2.75) is 52.0 Å². The second-order valence-corrected chi connectivity index (χ2v) is 6.37. The number of rotatable bonds is 7. The average Bonchev–Trinajstić information content (AvgIpc) is 2.36. The predicted octanol–water partition coefficient (Wildman–Crippen LogP) is 1.60. The van der Waals surface area contributed by atoms with Gasteiger partial charge in [0.2, 0.25) is 5.91 Å². The van der Waals surface area contributed by atoms with Crippen LogP contribution >= 0.6 is 0 Å². The third kappa shape index (κ3) is 6.39. The van der Waals surface area contributed by atoms with E-state index in [2.05, 4.69) is 31.1 Å². The molecule has 0 saturated carbocycles. The van der Waals surface area contributed by atoms with Gasteiger partial charge >= 0.3 is 0 Å². The Morgan fingerprint density at radius 1 is 1.42 bits per heavy atom. The molecule has 0 radical (unpaired) electrons. The van der Waals surface area contributed by atoms with Crippen LogP contribution in [0.2, 0.25) is 0 Å². The summed E-state index contributed by atoms with van der Waals surface area (Å²) in [5.41, 5.74) is 5.74. The van der Waals surface area contributed by atoms with Gasteiger partial charge < -0.3 is 16.0 Å². The minimum atomic E-state index is 0.162. The summed E-state index contributed by atoms with van der Waals surface area (Å²) in [5.74, 6) is 1.09. The lowest BCUT2D eigenvalue weighted by molar-refractivity contribution is -0.122. The molecule has 19 heavy (non-hydrogen) atoms. The van der Waals surface area contributed by atoms with E-state index in [4.69, 9.17) is 5.73 Å². The standard InChI is InChI=1S/C15H31N3O/c1-12(2)8-13(10-16)9-15(19)17-11-14-6-4-5-7-18(14)3/h12-14H,4-11,16H2,1-3H3,(H,17,19)/t13-,14?/m0/s1. The Labute approximate surface area is 118 Å². The van der Waals surface area contributed by atoms with E-state index >= 15 is 0 Å². The first-order valence-electron chi connectivity index (χ1n) is 7.70. The van der Waals surface area contributed by atoms with Gasteiger partial charge in [-0.05, 0) is 51.2 Å². The van der Waals surface area contributed by atoms with Crippen molar-refractivity contribution in [2.75, 3.05) is 26.7 Å². The van der Waals surface area contributed by atoms with Crippen molar-refractivity contribution in [3.8, 4) is 0 Å². The predicted molar refractivity (Wildman–Crippen MR) is 79.9 cm³/mol. The molecule has 4 heteroatoms. The van der Waals surface area contributed by atoms with Gasteiger partial charge in [-0.15, -0.1) is 0 Å². The zero-order chi connectivity index (χ0) is 14.3. The number of hydrogen-bond donors (Lipinski definition) is 2. The van der Waals surface area contributed by atoms with Crippen molar-refractivity contribution in [2.24, 2.45) is 17.6 Å². The van der Waals surface area contributed by atoms with Crippen LogP contribution in [0.1, 0.15) is 46.0 Å². The summed E-state index contributed by atoms with van der Waals surface area (Å²) in [5, 5.41) is 3.08. The van der Waals surface area contributed by atoms with E-state index in [1.54, 1.807) is 0 Å². The molecule has 1 aliphatic heterocycles. The lowest BCUT2D eigenvalue weighted by atomic mass is 9.94. The zero-order valence-electron chi connectivity index (χ0n) is 12.8. The van der Waals surface area contributed by atoms with Gasteiger partial charge in [-0.1, -0.05) is 20.3 Å². The molecule has 2 atom stereocenters. The number of carbonyl (C=O) groups excluding carboxylic acids is 1. The molecule has 0 aromatic rings. The Balaban J connectivity index is 2.26. The molecule has 1 amide bonds. The Bertz CT molecular complexity index is 268. The van der Waals surface area contributed by atoms with Crippen molar-refractivity contribution in [3.63, 3.8) is 0 Å². The lowest BCUT2D eigenvalue weighted by Gasteiger charge is -2.32. The Hall–Kier alpha value is -0.610. The lowest BCUT2D eigenvalue weighted by Crippen LogP contribution is -2.45. The molecule has 0 spiro atoms. The van der Waals surface area contributed by atoms with E-state index in [9.17, 15) is 4.79 Å². The molecule has 1 rings (SSSR count). The SMILES string of the molecule is CC(C)C[C@H](CN)CC(=O)NCC1CCCCN1C. The molecular formula is C15H31N3O. The first kappa shape index (κ1) is 16.4. The van der Waals surface area contributed by atoms with E-state index in [0.29, 0.717) is 30.8 Å². The van der Waals surface area contributed by atoms with Crippen LogP contribution in [-0.2, 0) is 4.79 Å². The number of likely N-dealkylation sites (N-methyl/N-ethyl adjacent to an activating group) is 1. The molecule has 1 aliphatic rings.